The highest BCUT2D eigenvalue weighted by atomic mass is 16.5. The zero-order chi connectivity index (χ0) is 22.1. The Balaban J connectivity index is 1.56. The summed E-state index contributed by atoms with van der Waals surface area (Å²) >= 11 is 0. The maximum atomic E-state index is 12.8. The van der Waals surface area contributed by atoms with Gasteiger partial charge in [-0.1, -0.05) is 18.2 Å². The Morgan fingerprint density at radius 2 is 1.77 bits per heavy atom. The first kappa shape index (κ1) is 20.1. The van der Waals surface area contributed by atoms with Crippen molar-refractivity contribution < 1.29 is 33.4 Å². The van der Waals surface area contributed by atoms with Gasteiger partial charge in [0.15, 0.2) is 17.3 Å². The molecule has 2 aromatic carbocycles. The lowest BCUT2D eigenvalue weighted by molar-refractivity contribution is -0.138. The summed E-state index contributed by atoms with van der Waals surface area (Å²) in [6.45, 7) is -0.417. The number of esters is 1. The molecule has 1 N–H and O–H groups in total. The van der Waals surface area contributed by atoms with E-state index in [9.17, 15) is 19.2 Å². The number of para-hydroxylation sites is 1. The van der Waals surface area contributed by atoms with Crippen molar-refractivity contribution in [2.24, 2.45) is 5.92 Å². The molecule has 2 heterocycles. The highest BCUT2D eigenvalue weighted by Crippen LogP contribution is 2.30. The average Bonchev–Trinajstić information content (AvgIpc) is 3.03. The van der Waals surface area contributed by atoms with Crippen molar-refractivity contribution in [3.05, 3.63) is 59.3 Å². The van der Waals surface area contributed by atoms with E-state index in [0.717, 1.165) is 4.90 Å². The first-order chi connectivity index (χ1) is 14.9. The van der Waals surface area contributed by atoms with Gasteiger partial charge in [0.2, 0.25) is 0 Å². The largest absolute Gasteiger partial charge is 0.493 e. The molecule has 2 aromatic rings. The van der Waals surface area contributed by atoms with E-state index in [1.807, 2.05) is 0 Å². The normalized spacial score (nSPS) is 19.2. The van der Waals surface area contributed by atoms with Crippen LogP contribution < -0.4 is 19.5 Å². The number of fused-ring (bicyclic) bond motifs is 1. The van der Waals surface area contributed by atoms with Gasteiger partial charge in [-0.25, -0.2) is 4.79 Å². The van der Waals surface area contributed by atoms with Crippen molar-refractivity contribution in [2.75, 3.05) is 20.8 Å². The number of carbonyl (C=O) groups excluding carboxylic acids is 4. The minimum Gasteiger partial charge on any atom is -0.493 e. The van der Waals surface area contributed by atoms with E-state index in [1.54, 1.807) is 30.3 Å². The predicted octanol–water partition coefficient (Wildman–Crippen LogP) is 2.01. The molecule has 9 heteroatoms. The van der Waals surface area contributed by atoms with Gasteiger partial charge < -0.3 is 19.5 Å². The Bertz CT molecular complexity index is 1140. The standard InChI is InChI=1S/C22H18N2O7/c1-29-17-8-7-12(10-18(17)30-2)9-15-20(26)24(22(28)23-15)11-14-19(25)13-5-3-4-6-16(13)31-21(14)27/h3-10,14H,11H2,1-2H3,(H,23,28)/b15-9-/t14-/m0/s1. The maximum absolute atomic E-state index is 12.8. The lowest BCUT2D eigenvalue weighted by atomic mass is 9.94. The van der Waals surface area contributed by atoms with Gasteiger partial charge in [-0.15, -0.1) is 0 Å². The zero-order valence-corrected chi connectivity index (χ0v) is 16.7. The van der Waals surface area contributed by atoms with Gasteiger partial charge in [-0.05, 0) is 35.9 Å². The van der Waals surface area contributed by atoms with Gasteiger partial charge in [0.05, 0.1) is 26.3 Å². The van der Waals surface area contributed by atoms with Crippen molar-refractivity contribution in [1.29, 1.82) is 0 Å². The van der Waals surface area contributed by atoms with Gasteiger partial charge in [0.1, 0.15) is 17.4 Å². The highest BCUT2D eigenvalue weighted by molar-refractivity contribution is 6.17. The maximum Gasteiger partial charge on any atom is 0.329 e. The smallest absolute Gasteiger partial charge is 0.329 e. The molecule has 158 valence electrons. The minimum absolute atomic E-state index is 0.00856. The molecule has 9 nitrogen and oxygen atoms in total. The molecule has 0 aliphatic carbocycles. The monoisotopic (exact) mass is 422 g/mol. The van der Waals surface area contributed by atoms with Crippen LogP contribution in [0, 0.1) is 5.92 Å². The second kappa shape index (κ2) is 7.94. The van der Waals surface area contributed by atoms with Crippen molar-refractivity contribution >= 4 is 29.8 Å². The molecule has 1 saturated heterocycles. The summed E-state index contributed by atoms with van der Waals surface area (Å²) < 4.78 is 15.6. The highest BCUT2D eigenvalue weighted by Gasteiger charge is 2.42. The number of methoxy groups -OCH3 is 2. The summed E-state index contributed by atoms with van der Waals surface area (Å²) in [5.74, 6) is -2.10. The second-order valence-electron chi connectivity index (χ2n) is 6.85. The average molecular weight is 422 g/mol. The summed E-state index contributed by atoms with van der Waals surface area (Å²) in [6.07, 6.45) is 1.47. The Labute approximate surface area is 177 Å². The Kier molecular flexibility index (Phi) is 5.16. The van der Waals surface area contributed by atoms with Crippen LogP contribution in [0.1, 0.15) is 15.9 Å². The fourth-order valence-corrected chi connectivity index (χ4v) is 3.42. The number of Topliss-reactive ketones (excluding diaryl/α,β-unsaturated/α-hetero) is 1. The van der Waals surface area contributed by atoms with E-state index >= 15 is 0 Å². The van der Waals surface area contributed by atoms with Crippen LogP contribution in [0.25, 0.3) is 6.08 Å². The molecule has 1 fully saturated rings. The number of amides is 3. The third-order valence-electron chi connectivity index (χ3n) is 5.01. The van der Waals surface area contributed by atoms with Crippen molar-refractivity contribution in [1.82, 2.24) is 10.2 Å². The van der Waals surface area contributed by atoms with E-state index in [1.165, 1.54) is 32.4 Å². The van der Waals surface area contributed by atoms with Gasteiger partial charge in [-0.3, -0.25) is 19.3 Å². The number of ketones is 1. The Morgan fingerprint density at radius 3 is 2.52 bits per heavy atom. The van der Waals surface area contributed by atoms with E-state index in [0.29, 0.717) is 17.1 Å². The Morgan fingerprint density at radius 1 is 1.03 bits per heavy atom. The van der Waals surface area contributed by atoms with Crippen LogP contribution in [0.15, 0.2) is 48.2 Å². The van der Waals surface area contributed by atoms with Crippen LogP contribution in [-0.4, -0.2) is 49.4 Å². The molecule has 0 radical (unpaired) electrons. The molecule has 1 atom stereocenters. The summed E-state index contributed by atoms with van der Waals surface area (Å²) in [5, 5.41) is 2.47. The third-order valence-corrected chi connectivity index (χ3v) is 5.01. The second-order valence-corrected chi connectivity index (χ2v) is 6.85. The predicted molar refractivity (Wildman–Crippen MR) is 108 cm³/mol. The lowest BCUT2D eigenvalue weighted by Crippen LogP contribution is -2.44. The molecule has 0 spiro atoms. The number of imide groups is 1. The van der Waals surface area contributed by atoms with E-state index in [-0.39, 0.29) is 17.0 Å². The van der Waals surface area contributed by atoms with Crippen LogP contribution in [0.4, 0.5) is 4.79 Å². The number of benzene rings is 2. The zero-order valence-electron chi connectivity index (χ0n) is 16.7. The third kappa shape index (κ3) is 3.61. The van der Waals surface area contributed by atoms with E-state index in [2.05, 4.69) is 5.32 Å². The Hall–Kier alpha value is -4.14. The van der Waals surface area contributed by atoms with Crippen molar-refractivity contribution in [3.63, 3.8) is 0 Å². The first-order valence-electron chi connectivity index (χ1n) is 9.34. The molecule has 2 aliphatic rings. The number of urea groups is 1. The van der Waals surface area contributed by atoms with Gasteiger partial charge >= 0.3 is 12.0 Å². The number of ether oxygens (including phenoxy) is 3. The number of hydrogen-bond acceptors (Lipinski definition) is 7. The molecular weight excluding hydrogens is 404 g/mol. The number of nitrogens with one attached hydrogen (secondary N) is 1. The van der Waals surface area contributed by atoms with Gasteiger partial charge in [-0.2, -0.15) is 0 Å². The summed E-state index contributed by atoms with van der Waals surface area (Å²) in [7, 11) is 2.99. The molecule has 0 saturated carbocycles. The van der Waals surface area contributed by atoms with Gasteiger partial charge in [0, 0.05) is 0 Å². The van der Waals surface area contributed by atoms with Crippen LogP contribution in [0.2, 0.25) is 0 Å². The fourth-order valence-electron chi connectivity index (χ4n) is 3.42. The van der Waals surface area contributed by atoms with Crippen molar-refractivity contribution in [2.45, 2.75) is 0 Å². The minimum atomic E-state index is -1.29. The van der Waals surface area contributed by atoms with Crippen LogP contribution >= 0.6 is 0 Å². The lowest BCUT2D eigenvalue weighted by Gasteiger charge is -2.24. The SMILES string of the molecule is COc1ccc(/C=C2\NC(=O)N(C[C@@H]3C(=O)Oc4ccccc4C3=O)C2=O)cc1OC. The topological polar surface area (TPSA) is 111 Å². The quantitative estimate of drug-likeness (QED) is 0.258. The number of hydrogen-bond donors (Lipinski definition) is 1. The van der Waals surface area contributed by atoms with E-state index in [4.69, 9.17) is 14.2 Å². The molecule has 0 unspecified atom stereocenters. The molecule has 2 aliphatic heterocycles. The number of rotatable bonds is 5. The first-order valence-corrected chi connectivity index (χ1v) is 9.34. The number of nitrogens with zero attached hydrogens (tertiary/aromatic N) is 1. The van der Waals surface area contributed by atoms with E-state index < -0.39 is 36.2 Å². The summed E-state index contributed by atoms with van der Waals surface area (Å²) in [5.41, 5.74) is 0.833. The fraction of sp³-hybridized carbons (Fsp3) is 0.182. The molecular formula is C22H18N2O7. The van der Waals surface area contributed by atoms with Crippen molar-refractivity contribution in [3.8, 4) is 17.2 Å². The summed E-state index contributed by atoms with van der Waals surface area (Å²) in [4.78, 5) is 51.0. The van der Waals surface area contributed by atoms with Gasteiger partial charge in [0.25, 0.3) is 5.91 Å². The van der Waals surface area contributed by atoms with Crippen LogP contribution in [-0.2, 0) is 9.59 Å². The van der Waals surface area contributed by atoms with Crippen LogP contribution in [0.3, 0.4) is 0 Å². The number of carbonyl (C=O) groups is 4. The van der Waals surface area contributed by atoms with Crippen LogP contribution in [0.5, 0.6) is 17.2 Å². The molecule has 0 aromatic heterocycles. The molecule has 3 amide bonds. The molecule has 31 heavy (non-hydrogen) atoms. The molecule has 0 bridgehead atoms. The molecule has 4 rings (SSSR count). The summed E-state index contributed by atoms with van der Waals surface area (Å²) in [6, 6.07) is 10.6.